The number of piperidine rings is 1. The van der Waals surface area contributed by atoms with Gasteiger partial charge < -0.3 is 5.32 Å². The Labute approximate surface area is 169 Å². The number of aromatic nitrogens is 2. The minimum atomic E-state index is -3.71. The van der Waals surface area contributed by atoms with Gasteiger partial charge in [0.25, 0.3) is 0 Å². The molecule has 7 nitrogen and oxygen atoms in total. The molecule has 0 radical (unpaired) electrons. The van der Waals surface area contributed by atoms with Crippen molar-refractivity contribution >= 4 is 38.7 Å². The highest BCUT2D eigenvalue weighted by atomic mass is 32.2. The number of amides is 1. The van der Waals surface area contributed by atoms with Gasteiger partial charge in [-0.1, -0.05) is 25.8 Å². The summed E-state index contributed by atoms with van der Waals surface area (Å²) in [6.07, 6.45) is 5.93. The summed E-state index contributed by atoms with van der Waals surface area (Å²) in [4.78, 5) is 13.0. The molecule has 2 heterocycles. The maximum Gasteiger partial charge on any atom is 0.245 e. The van der Waals surface area contributed by atoms with E-state index in [1.165, 1.54) is 10.7 Å². The third-order valence-corrected chi connectivity index (χ3v) is 8.50. The molecule has 9 heteroatoms. The van der Waals surface area contributed by atoms with Crippen LogP contribution in [-0.4, -0.2) is 46.5 Å². The fourth-order valence-corrected chi connectivity index (χ4v) is 6.61. The van der Waals surface area contributed by atoms with E-state index in [2.05, 4.69) is 21.0 Å². The zero-order valence-corrected chi connectivity index (χ0v) is 17.6. The van der Waals surface area contributed by atoms with Gasteiger partial charge in [0.2, 0.25) is 15.9 Å². The average Bonchev–Trinajstić information content (AvgIpc) is 3.18. The predicted molar refractivity (Wildman–Crippen MR) is 108 cm³/mol. The minimum Gasteiger partial charge on any atom is -0.353 e. The number of rotatable bonds is 4. The van der Waals surface area contributed by atoms with Crippen molar-refractivity contribution in [3.05, 3.63) is 18.2 Å². The SMILES string of the molecule is C[C@@H]1CCCC[C@@H]1NC(=O)[C@@H]1CCCN(S(=O)(=O)c2cccc3nsnc23)C1. The van der Waals surface area contributed by atoms with Crippen molar-refractivity contribution in [1.29, 1.82) is 0 Å². The molecule has 152 valence electrons. The van der Waals surface area contributed by atoms with Gasteiger partial charge >= 0.3 is 0 Å². The van der Waals surface area contributed by atoms with Crippen molar-refractivity contribution in [2.45, 2.75) is 56.4 Å². The quantitative estimate of drug-likeness (QED) is 0.818. The van der Waals surface area contributed by atoms with Crippen molar-refractivity contribution < 1.29 is 13.2 Å². The molecular weight excluding hydrogens is 396 g/mol. The Hall–Kier alpha value is -1.58. The molecule has 2 aromatic rings. The Balaban J connectivity index is 1.50. The number of fused-ring (bicyclic) bond motifs is 1. The van der Waals surface area contributed by atoms with Gasteiger partial charge in [-0.15, -0.1) is 0 Å². The van der Waals surface area contributed by atoms with Gasteiger partial charge in [0, 0.05) is 19.1 Å². The van der Waals surface area contributed by atoms with Crippen LogP contribution in [0.5, 0.6) is 0 Å². The topological polar surface area (TPSA) is 92.3 Å². The number of carbonyl (C=O) groups excluding carboxylic acids is 1. The molecule has 1 aliphatic carbocycles. The number of benzene rings is 1. The van der Waals surface area contributed by atoms with Crippen LogP contribution in [0.1, 0.15) is 45.4 Å². The number of sulfonamides is 1. The number of nitrogens with zero attached hydrogens (tertiary/aromatic N) is 3. The smallest absolute Gasteiger partial charge is 0.245 e. The monoisotopic (exact) mass is 422 g/mol. The molecule has 2 fully saturated rings. The Morgan fingerprint density at radius 3 is 2.82 bits per heavy atom. The van der Waals surface area contributed by atoms with E-state index in [1.807, 2.05) is 0 Å². The van der Waals surface area contributed by atoms with Crippen LogP contribution >= 0.6 is 11.7 Å². The molecule has 1 aliphatic heterocycles. The van der Waals surface area contributed by atoms with Crippen molar-refractivity contribution in [3.8, 4) is 0 Å². The molecule has 1 aromatic heterocycles. The highest BCUT2D eigenvalue weighted by Gasteiger charge is 2.35. The number of carbonyl (C=O) groups is 1. The molecule has 2 aliphatic rings. The van der Waals surface area contributed by atoms with Gasteiger partial charge in [-0.25, -0.2) is 8.42 Å². The predicted octanol–water partition coefficient (Wildman–Crippen LogP) is 2.79. The Morgan fingerprint density at radius 1 is 1.18 bits per heavy atom. The van der Waals surface area contributed by atoms with Gasteiger partial charge in [0.1, 0.15) is 15.9 Å². The summed E-state index contributed by atoms with van der Waals surface area (Å²) in [5.74, 6) is 0.175. The van der Waals surface area contributed by atoms with Crippen LogP contribution in [0.4, 0.5) is 0 Å². The van der Waals surface area contributed by atoms with Gasteiger partial charge in [-0.2, -0.15) is 13.1 Å². The summed E-state index contributed by atoms with van der Waals surface area (Å²) in [6.45, 7) is 2.84. The lowest BCUT2D eigenvalue weighted by molar-refractivity contribution is -0.127. The van der Waals surface area contributed by atoms with Crippen LogP contribution < -0.4 is 5.32 Å². The van der Waals surface area contributed by atoms with E-state index in [4.69, 9.17) is 0 Å². The van der Waals surface area contributed by atoms with E-state index in [0.717, 1.165) is 37.4 Å². The van der Waals surface area contributed by atoms with Gasteiger partial charge in [-0.05, 0) is 43.7 Å². The van der Waals surface area contributed by atoms with E-state index >= 15 is 0 Å². The Morgan fingerprint density at radius 2 is 2.00 bits per heavy atom. The van der Waals surface area contributed by atoms with Crippen LogP contribution in [-0.2, 0) is 14.8 Å². The number of hydrogen-bond acceptors (Lipinski definition) is 6. The van der Waals surface area contributed by atoms with Crippen molar-refractivity contribution in [1.82, 2.24) is 18.4 Å². The van der Waals surface area contributed by atoms with Crippen LogP contribution in [0.2, 0.25) is 0 Å². The summed E-state index contributed by atoms with van der Waals surface area (Å²) >= 11 is 1.01. The summed E-state index contributed by atoms with van der Waals surface area (Å²) < 4.78 is 36.2. The van der Waals surface area contributed by atoms with Crippen LogP contribution in [0.3, 0.4) is 0 Å². The standard InChI is InChI=1S/C19H26N4O3S2/c1-13-6-2-3-8-15(13)20-19(24)14-7-5-11-23(12-14)28(25,26)17-10-4-9-16-18(17)22-27-21-16/h4,9-10,13-15H,2-3,5-8,11-12H2,1H3,(H,20,24)/t13-,14-,15+/m1/s1. The number of nitrogens with one attached hydrogen (secondary N) is 1. The second kappa shape index (κ2) is 8.04. The Kier molecular flexibility index (Phi) is 5.66. The lowest BCUT2D eigenvalue weighted by Gasteiger charge is -2.34. The first-order chi connectivity index (χ1) is 13.5. The first-order valence-corrected chi connectivity index (χ1v) is 12.2. The highest BCUT2D eigenvalue weighted by molar-refractivity contribution is 7.89. The molecule has 3 atom stereocenters. The van der Waals surface area contributed by atoms with Gasteiger partial charge in [0.15, 0.2) is 0 Å². The van der Waals surface area contributed by atoms with Crippen LogP contribution in [0, 0.1) is 11.8 Å². The summed E-state index contributed by atoms with van der Waals surface area (Å²) in [7, 11) is -3.71. The maximum absolute atomic E-state index is 13.2. The molecule has 1 amide bonds. The van der Waals surface area contributed by atoms with Gasteiger partial charge in [-0.3, -0.25) is 4.79 Å². The Bertz CT molecular complexity index is 959. The van der Waals surface area contributed by atoms with Crippen molar-refractivity contribution in [3.63, 3.8) is 0 Å². The lowest BCUT2D eigenvalue weighted by atomic mass is 9.85. The van der Waals surface area contributed by atoms with Gasteiger partial charge in [0.05, 0.1) is 17.6 Å². The molecule has 1 N–H and O–H groups in total. The van der Waals surface area contributed by atoms with E-state index in [1.54, 1.807) is 18.2 Å². The normalized spacial score (nSPS) is 27.0. The van der Waals surface area contributed by atoms with E-state index < -0.39 is 10.0 Å². The highest BCUT2D eigenvalue weighted by Crippen LogP contribution is 2.29. The first-order valence-electron chi connectivity index (χ1n) is 9.98. The lowest BCUT2D eigenvalue weighted by Crippen LogP contribution is -2.49. The fraction of sp³-hybridized carbons (Fsp3) is 0.632. The summed E-state index contributed by atoms with van der Waals surface area (Å²) in [5, 5.41) is 3.19. The molecule has 4 rings (SSSR count). The third kappa shape index (κ3) is 3.79. The third-order valence-electron chi connectivity index (χ3n) is 6.06. The molecule has 28 heavy (non-hydrogen) atoms. The van der Waals surface area contributed by atoms with E-state index in [0.29, 0.717) is 29.9 Å². The van der Waals surface area contributed by atoms with E-state index in [-0.39, 0.29) is 29.3 Å². The second-order valence-corrected chi connectivity index (χ2v) is 10.4. The van der Waals surface area contributed by atoms with Crippen molar-refractivity contribution in [2.24, 2.45) is 11.8 Å². The summed E-state index contributed by atoms with van der Waals surface area (Å²) in [5.41, 5.74) is 0.999. The summed E-state index contributed by atoms with van der Waals surface area (Å²) in [6, 6.07) is 5.24. The maximum atomic E-state index is 13.2. The van der Waals surface area contributed by atoms with Crippen LogP contribution in [0.15, 0.2) is 23.1 Å². The average molecular weight is 423 g/mol. The van der Waals surface area contributed by atoms with Crippen LogP contribution in [0.25, 0.3) is 11.0 Å². The first kappa shape index (κ1) is 19.7. The molecule has 1 aromatic carbocycles. The number of hydrogen-bond donors (Lipinski definition) is 1. The molecule has 0 spiro atoms. The second-order valence-electron chi connectivity index (χ2n) is 7.97. The molecule has 1 saturated carbocycles. The van der Waals surface area contributed by atoms with Crippen molar-refractivity contribution in [2.75, 3.05) is 13.1 Å². The molecule has 1 saturated heterocycles. The minimum absolute atomic E-state index is 0.00724. The fourth-order valence-electron chi connectivity index (χ4n) is 4.33. The molecule has 0 unspecified atom stereocenters. The molecular formula is C19H26N4O3S2. The largest absolute Gasteiger partial charge is 0.353 e. The van der Waals surface area contributed by atoms with E-state index in [9.17, 15) is 13.2 Å². The zero-order valence-electron chi connectivity index (χ0n) is 16.0. The molecule has 0 bridgehead atoms. The zero-order chi connectivity index (χ0) is 19.7.